The maximum Gasteiger partial charge on any atom is 0.00641 e. The smallest absolute Gasteiger partial charge is 0.00641 e. The summed E-state index contributed by atoms with van der Waals surface area (Å²) in [6, 6.07) is 0. The first-order chi connectivity index (χ1) is 8.81. The molecule has 1 unspecified atom stereocenters. The lowest BCUT2D eigenvalue weighted by atomic mass is 9.98. The summed E-state index contributed by atoms with van der Waals surface area (Å²) in [6.07, 6.45) is 19.7. The molecule has 0 heteroatoms. The van der Waals surface area contributed by atoms with Crippen molar-refractivity contribution in [1.29, 1.82) is 0 Å². The van der Waals surface area contributed by atoms with E-state index < -0.39 is 0 Å². The zero-order valence-electron chi connectivity index (χ0n) is 12.3. The van der Waals surface area contributed by atoms with Gasteiger partial charge in [-0.25, -0.2) is 0 Å². The van der Waals surface area contributed by atoms with E-state index in [1.165, 1.54) is 56.9 Å². The molecule has 0 saturated heterocycles. The van der Waals surface area contributed by atoms with Gasteiger partial charge in [0.25, 0.3) is 0 Å². The second-order valence-corrected chi connectivity index (χ2v) is 5.36. The SMILES string of the molecule is C=CCC1[C]=C(CCCCC)C(CCCCC)=C1. The Morgan fingerprint density at radius 2 is 1.78 bits per heavy atom. The van der Waals surface area contributed by atoms with Gasteiger partial charge in [0.15, 0.2) is 0 Å². The van der Waals surface area contributed by atoms with Gasteiger partial charge in [-0.1, -0.05) is 51.7 Å². The van der Waals surface area contributed by atoms with E-state index in [9.17, 15) is 0 Å². The van der Waals surface area contributed by atoms with Gasteiger partial charge in [0.2, 0.25) is 0 Å². The summed E-state index contributed by atoms with van der Waals surface area (Å²) in [5.74, 6) is 0.510. The predicted octanol–water partition coefficient (Wildman–Crippen LogP) is 6.01. The molecule has 0 saturated carbocycles. The molecule has 0 spiro atoms. The summed E-state index contributed by atoms with van der Waals surface area (Å²) in [5.41, 5.74) is 3.11. The third kappa shape index (κ3) is 5.25. The highest BCUT2D eigenvalue weighted by molar-refractivity contribution is 5.36. The first kappa shape index (κ1) is 15.3. The molecule has 1 aliphatic carbocycles. The number of unbranched alkanes of at least 4 members (excludes halogenated alkanes) is 4. The molecular formula is C18H29. The van der Waals surface area contributed by atoms with E-state index in [0.717, 1.165) is 6.42 Å². The molecule has 0 bridgehead atoms. The number of hydrogen-bond donors (Lipinski definition) is 0. The van der Waals surface area contributed by atoms with E-state index in [-0.39, 0.29) is 0 Å². The van der Waals surface area contributed by atoms with E-state index in [4.69, 9.17) is 0 Å². The lowest BCUT2D eigenvalue weighted by molar-refractivity contribution is 0.691. The molecule has 1 aliphatic rings. The molecule has 0 fully saturated rings. The van der Waals surface area contributed by atoms with Crippen molar-refractivity contribution >= 4 is 0 Å². The third-order valence-corrected chi connectivity index (χ3v) is 3.65. The zero-order valence-corrected chi connectivity index (χ0v) is 12.3. The standard InChI is InChI=1S/C18H29/c1-4-7-9-12-17-14-16(11-6-3)15-18(17)13-10-8-5-2/h6,14,16H,3-5,7-13H2,1-2H3. The van der Waals surface area contributed by atoms with Crippen molar-refractivity contribution in [2.24, 2.45) is 5.92 Å². The highest BCUT2D eigenvalue weighted by Gasteiger charge is 2.16. The fourth-order valence-corrected chi connectivity index (χ4v) is 2.59. The lowest BCUT2D eigenvalue weighted by Crippen LogP contribution is -1.89. The largest absolute Gasteiger partial charge is 0.103 e. The van der Waals surface area contributed by atoms with Gasteiger partial charge in [0, 0.05) is 5.92 Å². The van der Waals surface area contributed by atoms with Crippen molar-refractivity contribution in [3.05, 3.63) is 36.0 Å². The van der Waals surface area contributed by atoms with E-state index in [1.807, 2.05) is 6.08 Å². The van der Waals surface area contributed by atoms with Crippen molar-refractivity contribution in [1.82, 2.24) is 0 Å². The minimum atomic E-state index is 0.510. The molecule has 101 valence electrons. The average Bonchev–Trinajstić information content (AvgIpc) is 2.73. The molecule has 0 nitrogen and oxygen atoms in total. The van der Waals surface area contributed by atoms with Gasteiger partial charge < -0.3 is 0 Å². The Hall–Kier alpha value is -0.780. The summed E-state index contributed by atoms with van der Waals surface area (Å²) in [7, 11) is 0. The molecule has 0 aromatic heterocycles. The molecule has 0 aliphatic heterocycles. The maximum atomic E-state index is 3.85. The molecule has 18 heavy (non-hydrogen) atoms. The Balaban J connectivity index is 2.49. The first-order valence-electron chi connectivity index (χ1n) is 7.76. The molecule has 0 heterocycles. The van der Waals surface area contributed by atoms with Gasteiger partial charge in [-0.15, -0.1) is 6.58 Å². The van der Waals surface area contributed by atoms with Crippen LogP contribution in [-0.4, -0.2) is 0 Å². The Morgan fingerprint density at radius 3 is 2.39 bits per heavy atom. The molecule has 0 aromatic carbocycles. The topological polar surface area (TPSA) is 0 Å². The van der Waals surface area contributed by atoms with Gasteiger partial charge in [-0.3, -0.25) is 0 Å². The van der Waals surface area contributed by atoms with Crippen LogP contribution in [0.1, 0.15) is 71.6 Å². The zero-order chi connectivity index (χ0) is 13.2. The first-order valence-corrected chi connectivity index (χ1v) is 7.76. The van der Waals surface area contributed by atoms with Crippen LogP contribution in [0.15, 0.2) is 29.9 Å². The second-order valence-electron chi connectivity index (χ2n) is 5.36. The number of hydrogen-bond acceptors (Lipinski definition) is 0. The fourth-order valence-electron chi connectivity index (χ4n) is 2.59. The van der Waals surface area contributed by atoms with Crippen LogP contribution in [0.25, 0.3) is 0 Å². The van der Waals surface area contributed by atoms with Crippen molar-refractivity contribution in [2.45, 2.75) is 71.6 Å². The van der Waals surface area contributed by atoms with Crippen molar-refractivity contribution < 1.29 is 0 Å². The number of rotatable bonds is 10. The van der Waals surface area contributed by atoms with Gasteiger partial charge in [0.1, 0.15) is 0 Å². The average molecular weight is 245 g/mol. The molecular weight excluding hydrogens is 216 g/mol. The van der Waals surface area contributed by atoms with E-state index in [0.29, 0.717) is 5.92 Å². The van der Waals surface area contributed by atoms with Crippen LogP contribution in [0.4, 0.5) is 0 Å². The predicted molar refractivity (Wildman–Crippen MR) is 81.4 cm³/mol. The Labute approximate surface area is 114 Å². The molecule has 1 atom stereocenters. The van der Waals surface area contributed by atoms with Gasteiger partial charge in [0.05, 0.1) is 0 Å². The van der Waals surface area contributed by atoms with Crippen LogP contribution in [-0.2, 0) is 0 Å². The van der Waals surface area contributed by atoms with Crippen LogP contribution in [0, 0.1) is 12.0 Å². The Morgan fingerprint density at radius 1 is 1.11 bits per heavy atom. The summed E-state index contributed by atoms with van der Waals surface area (Å²) >= 11 is 0. The lowest BCUT2D eigenvalue weighted by Gasteiger charge is -2.07. The molecule has 0 aromatic rings. The fraction of sp³-hybridized carbons (Fsp3) is 0.667. The normalized spacial score (nSPS) is 15.7. The summed E-state index contributed by atoms with van der Waals surface area (Å²) in [5, 5.41) is 0. The van der Waals surface area contributed by atoms with Crippen molar-refractivity contribution in [3.63, 3.8) is 0 Å². The van der Waals surface area contributed by atoms with Crippen LogP contribution in [0.2, 0.25) is 0 Å². The highest BCUT2D eigenvalue weighted by Crippen LogP contribution is 2.32. The van der Waals surface area contributed by atoms with Crippen LogP contribution >= 0.6 is 0 Å². The molecule has 0 amide bonds. The van der Waals surface area contributed by atoms with Gasteiger partial charge in [-0.2, -0.15) is 0 Å². The van der Waals surface area contributed by atoms with Gasteiger partial charge in [-0.05, 0) is 49.3 Å². The third-order valence-electron chi connectivity index (χ3n) is 3.65. The van der Waals surface area contributed by atoms with Crippen LogP contribution in [0.3, 0.4) is 0 Å². The minimum Gasteiger partial charge on any atom is -0.103 e. The quantitative estimate of drug-likeness (QED) is 0.326. The van der Waals surface area contributed by atoms with Gasteiger partial charge >= 0.3 is 0 Å². The van der Waals surface area contributed by atoms with Crippen molar-refractivity contribution in [2.75, 3.05) is 0 Å². The summed E-state index contributed by atoms with van der Waals surface area (Å²) in [6.45, 7) is 8.39. The molecule has 1 rings (SSSR count). The summed E-state index contributed by atoms with van der Waals surface area (Å²) in [4.78, 5) is 0. The highest BCUT2D eigenvalue weighted by atomic mass is 14.2. The Kier molecular flexibility index (Phi) is 7.80. The second kappa shape index (κ2) is 9.19. The van der Waals surface area contributed by atoms with E-state index in [2.05, 4.69) is 32.6 Å². The van der Waals surface area contributed by atoms with E-state index >= 15 is 0 Å². The maximum absolute atomic E-state index is 3.85. The van der Waals surface area contributed by atoms with E-state index in [1.54, 1.807) is 5.57 Å². The monoisotopic (exact) mass is 245 g/mol. The Bertz CT molecular complexity index is 267. The minimum absolute atomic E-state index is 0.510. The van der Waals surface area contributed by atoms with Crippen LogP contribution < -0.4 is 0 Å². The molecule has 0 N–H and O–H groups in total. The molecule has 1 radical (unpaired) electrons. The van der Waals surface area contributed by atoms with Crippen LogP contribution in [0.5, 0.6) is 0 Å². The summed E-state index contributed by atoms with van der Waals surface area (Å²) < 4.78 is 0. The number of allylic oxidation sites excluding steroid dienone is 5. The van der Waals surface area contributed by atoms with Crippen molar-refractivity contribution in [3.8, 4) is 0 Å².